The van der Waals surface area contributed by atoms with Crippen molar-refractivity contribution >= 4 is 11.4 Å². The number of nitrogens with two attached hydrogens (primary N) is 1. The smallest absolute Gasteiger partial charge is 0.186 e. The molecule has 2 fully saturated rings. The minimum Gasteiger partial charge on any atom is -0.398 e. The van der Waals surface area contributed by atoms with Crippen LogP contribution in [0.3, 0.4) is 0 Å². The first-order valence-corrected chi connectivity index (χ1v) is 6.58. The van der Waals surface area contributed by atoms with E-state index in [4.69, 9.17) is 15.2 Å². The maximum absolute atomic E-state index is 5.98. The number of nitrogens with zero attached hydrogens (tertiary/aromatic N) is 1. The topological polar surface area (TPSA) is 47.7 Å². The summed E-state index contributed by atoms with van der Waals surface area (Å²) >= 11 is 0. The van der Waals surface area contributed by atoms with Crippen molar-refractivity contribution in [2.24, 2.45) is 0 Å². The Labute approximate surface area is 108 Å². The second kappa shape index (κ2) is 4.44. The van der Waals surface area contributed by atoms with E-state index >= 15 is 0 Å². The van der Waals surface area contributed by atoms with Crippen LogP contribution in [0.4, 0.5) is 11.4 Å². The molecule has 2 aliphatic rings. The number of nitrogen functional groups attached to an aromatic ring is 1. The zero-order chi connectivity index (χ0) is 12.6. The zero-order valence-corrected chi connectivity index (χ0v) is 10.8. The molecule has 0 bridgehead atoms. The summed E-state index contributed by atoms with van der Waals surface area (Å²) in [5, 5.41) is 0. The highest BCUT2D eigenvalue weighted by atomic mass is 16.7. The van der Waals surface area contributed by atoms with Crippen LogP contribution in [0.1, 0.15) is 18.4 Å². The molecular weight excluding hydrogens is 228 g/mol. The molecule has 18 heavy (non-hydrogen) atoms. The van der Waals surface area contributed by atoms with E-state index in [-0.39, 0.29) is 5.79 Å². The van der Waals surface area contributed by atoms with Gasteiger partial charge in [-0.3, -0.25) is 0 Å². The second-order valence-corrected chi connectivity index (χ2v) is 5.12. The fourth-order valence-corrected chi connectivity index (χ4v) is 2.91. The molecule has 0 amide bonds. The number of piperidine rings is 1. The molecule has 0 radical (unpaired) electrons. The van der Waals surface area contributed by atoms with Gasteiger partial charge in [-0.15, -0.1) is 0 Å². The third-order valence-corrected chi connectivity index (χ3v) is 3.92. The maximum atomic E-state index is 5.98. The molecule has 4 heteroatoms. The van der Waals surface area contributed by atoms with Crippen LogP contribution in [0.15, 0.2) is 18.2 Å². The molecule has 0 atom stereocenters. The van der Waals surface area contributed by atoms with E-state index in [9.17, 15) is 0 Å². The first-order chi connectivity index (χ1) is 8.70. The Bertz CT molecular complexity index is 441. The van der Waals surface area contributed by atoms with Gasteiger partial charge in [0, 0.05) is 24.3 Å². The van der Waals surface area contributed by atoms with Crippen LogP contribution in [0.25, 0.3) is 0 Å². The Balaban J connectivity index is 1.85. The molecule has 2 aliphatic heterocycles. The number of hydrogen-bond acceptors (Lipinski definition) is 4. The largest absolute Gasteiger partial charge is 0.398 e. The lowest BCUT2D eigenvalue weighted by atomic mass is 10.0. The van der Waals surface area contributed by atoms with Crippen LogP contribution in [-0.2, 0) is 9.47 Å². The van der Waals surface area contributed by atoms with Crippen molar-refractivity contribution in [3.05, 3.63) is 23.8 Å². The summed E-state index contributed by atoms with van der Waals surface area (Å²) in [6.07, 6.45) is 2.08. The normalized spacial score (nSPS) is 22.6. The SMILES string of the molecule is Cc1c(N)cccc1N1CCCC2(C1)OCCO2. The summed E-state index contributed by atoms with van der Waals surface area (Å²) in [4.78, 5) is 2.33. The van der Waals surface area contributed by atoms with Gasteiger partial charge in [0.05, 0.1) is 19.8 Å². The Kier molecular flexibility index (Phi) is 2.92. The summed E-state index contributed by atoms with van der Waals surface area (Å²) in [5.74, 6) is -0.380. The van der Waals surface area contributed by atoms with Gasteiger partial charge in [0.25, 0.3) is 0 Å². The van der Waals surface area contributed by atoms with Gasteiger partial charge in [0.1, 0.15) is 0 Å². The number of ether oxygens (including phenoxy) is 2. The summed E-state index contributed by atoms with van der Waals surface area (Å²) in [6, 6.07) is 6.08. The molecule has 2 saturated heterocycles. The molecule has 98 valence electrons. The van der Waals surface area contributed by atoms with Crippen molar-refractivity contribution in [2.45, 2.75) is 25.6 Å². The second-order valence-electron chi connectivity index (χ2n) is 5.12. The quantitative estimate of drug-likeness (QED) is 0.771. The van der Waals surface area contributed by atoms with Crippen molar-refractivity contribution in [3.63, 3.8) is 0 Å². The van der Waals surface area contributed by atoms with Gasteiger partial charge in [-0.1, -0.05) is 6.07 Å². The van der Waals surface area contributed by atoms with Gasteiger partial charge in [-0.2, -0.15) is 0 Å². The lowest BCUT2D eigenvalue weighted by Crippen LogP contribution is -2.49. The van der Waals surface area contributed by atoms with E-state index in [2.05, 4.69) is 17.9 Å². The molecule has 1 aromatic rings. The van der Waals surface area contributed by atoms with Crippen molar-refractivity contribution < 1.29 is 9.47 Å². The van der Waals surface area contributed by atoms with E-state index < -0.39 is 0 Å². The molecule has 1 spiro atoms. The standard InChI is InChI=1S/C14H20N2O2/c1-11-12(15)4-2-5-13(11)16-7-3-6-14(10-16)17-8-9-18-14/h2,4-5H,3,6-10,15H2,1H3. The van der Waals surface area contributed by atoms with Crippen LogP contribution in [0, 0.1) is 6.92 Å². The van der Waals surface area contributed by atoms with Gasteiger partial charge in [-0.05, 0) is 31.0 Å². The molecule has 3 rings (SSSR count). The van der Waals surface area contributed by atoms with Crippen LogP contribution in [0.2, 0.25) is 0 Å². The van der Waals surface area contributed by atoms with Crippen LogP contribution in [-0.4, -0.2) is 32.1 Å². The molecule has 1 aromatic carbocycles. The Morgan fingerprint density at radius 2 is 2.06 bits per heavy atom. The molecule has 4 nitrogen and oxygen atoms in total. The predicted molar refractivity (Wildman–Crippen MR) is 71.7 cm³/mol. The fourth-order valence-electron chi connectivity index (χ4n) is 2.91. The highest BCUT2D eigenvalue weighted by Crippen LogP contribution is 2.34. The van der Waals surface area contributed by atoms with E-state index in [1.54, 1.807) is 0 Å². The van der Waals surface area contributed by atoms with Gasteiger partial charge >= 0.3 is 0 Å². The highest BCUT2D eigenvalue weighted by molar-refractivity contribution is 5.64. The van der Waals surface area contributed by atoms with Gasteiger partial charge in [0.2, 0.25) is 0 Å². The average Bonchev–Trinajstić information content (AvgIpc) is 2.81. The minimum atomic E-state index is -0.380. The molecule has 0 saturated carbocycles. The van der Waals surface area contributed by atoms with Gasteiger partial charge in [0.15, 0.2) is 5.79 Å². The highest BCUT2D eigenvalue weighted by Gasteiger charge is 2.41. The molecule has 2 heterocycles. The predicted octanol–water partition coefficient (Wildman–Crippen LogP) is 1.92. The van der Waals surface area contributed by atoms with Crippen molar-refractivity contribution in [1.29, 1.82) is 0 Å². The van der Waals surface area contributed by atoms with Crippen LogP contribution in [0.5, 0.6) is 0 Å². The molecule has 0 aromatic heterocycles. The van der Waals surface area contributed by atoms with Gasteiger partial charge < -0.3 is 20.1 Å². The Morgan fingerprint density at radius 3 is 2.83 bits per heavy atom. The summed E-state index contributed by atoms with van der Waals surface area (Å²) in [6.45, 7) is 5.34. The molecular formula is C14H20N2O2. The molecule has 2 N–H and O–H groups in total. The third kappa shape index (κ3) is 1.95. The van der Waals surface area contributed by atoms with E-state index in [1.807, 2.05) is 12.1 Å². The molecule has 0 unspecified atom stereocenters. The summed E-state index contributed by atoms with van der Waals surface area (Å²) < 4.78 is 11.6. The van der Waals surface area contributed by atoms with Crippen molar-refractivity contribution in [1.82, 2.24) is 0 Å². The van der Waals surface area contributed by atoms with Crippen molar-refractivity contribution in [2.75, 3.05) is 36.9 Å². The number of rotatable bonds is 1. The fraction of sp³-hybridized carbons (Fsp3) is 0.571. The van der Waals surface area contributed by atoms with Crippen molar-refractivity contribution in [3.8, 4) is 0 Å². The van der Waals surface area contributed by atoms with E-state index in [0.29, 0.717) is 13.2 Å². The third-order valence-electron chi connectivity index (χ3n) is 3.92. The van der Waals surface area contributed by atoms with Crippen LogP contribution >= 0.6 is 0 Å². The van der Waals surface area contributed by atoms with E-state index in [1.165, 1.54) is 5.69 Å². The minimum absolute atomic E-state index is 0.380. The first-order valence-electron chi connectivity index (χ1n) is 6.58. The van der Waals surface area contributed by atoms with E-state index in [0.717, 1.165) is 37.2 Å². The van der Waals surface area contributed by atoms with Crippen LogP contribution < -0.4 is 10.6 Å². The Morgan fingerprint density at radius 1 is 1.28 bits per heavy atom. The first kappa shape index (κ1) is 11.8. The summed E-state index contributed by atoms with van der Waals surface area (Å²) in [7, 11) is 0. The number of hydrogen-bond donors (Lipinski definition) is 1. The average molecular weight is 248 g/mol. The van der Waals surface area contributed by atoms with Gasteiger partial charge in [-0.25, -0.2) is 0 Å². The Hall–Kier alpha value is -1.26. The number of benzene rings is 1. The lowest BCUT2D eigenvalue weighted by Gasteiger charge is -2.40. The molecule has 0 aliphatic carbocycles. The summed E-state index contributed by atoms with van der Waals surface area (Å²) in [5.41, 5.74) is 9.18. The lowest BCUT2D eigenvalue weighted by molar-refractivity contribution is -0.161. The number of anilines is 2. The maximum Gasteiger partial charge on any atom is 0.186 e. The monoisotopic (exact) mass is 248 g/mol. The zero-order valence-electron chi connectivity index (χ0n) is 10.8.